The van der Waals surface area contributed by atoms with Crippen LogP contribution in [0.15, 0.2) is 110 Å². The molecule has 0 saturated carbocycles. The molecule has 0 heterocycles. The minimum Gasteiger partial charge on any atom is -0.311 e. The molecule has 0 aliphatic carbocycles. The molecule has 0 aliphatic heterocycles. The molecule has 0 unspecified atom stereocenters. The molecule has 2 rings (SSSR count). The number of anilines is 1. The smallest absolute Gasteiger partial charge is 0.0461 e. The van der Waals surface area contributed by atoms with Crippen LogP contribution in [0, 0.1) is 6.92 Å². The molecule has 1 nitrogen and oxygen atoms in total. The zero-order valence-electron chi connectivity index (χ0n) is 18.1. The third-order valence-electron chi connectivity index (χ3n) is 4.66. The van der Waals surface area contributed by atoms with Gasteiger partial charge in [-0.2, -0.15) is 0 Å². The lowest BCUT2D eigenvalue weighted by Crippen LogP contribution is -2.18. The molecule has 0 bridgehead atoms. The standard InChI is InChI=1S/C28H31N/c1-8-11-12-27(10-3)29(23(7)9-2)28-17-15-24(16-18-28)25-14-13-22(6)26(20-25)19-21(4)5/h8-20H,1-2,7H2,3-6H3/b12-11-,27-10+. The third kappa shape index (κ3) is 5.58. The van der Waals surface area contributed by atoms with Gasteiger partial charge in [0.15, 0.2) is 0 Å². The highest BCUT2D eigenvalue weighted by molar-refractivity contribution is 5.72. The molecule has 0 fully saturated rings. The lowest BCUT2D eigenvalue weighted by atomic mass is 9.98. The lowest BCUT2D eigenvalue weighted by molar-refractivity contribution is 1.14. The second kappa shape index (κ2) is 10.3. The molecular weight excluding hydrogens is 350 g/mol. The molecule has 0 radical (unpaired) electrons. The Bertz CT molecular complexity index is 977. The van der Waals surface area contributed by atoms with E-state index in [9.17, 15) is 0 Å². The van der Waals surface area contributed by atoms with Crippen LogP contribution in [-0.2, 0) is 0 Å². The van der Waals surface area contributed by atoms with Crippen LogP contribution in [0.25, 0.3) is 17.2 Å². The van der Waals surface area contributed by atoms with E-state index in [0.717, 1.165) is 17.1 Å². The van der Waals surface area contributed by atoms with Crippen molar-refractivity contribution in [1.29, 1.82) is 0 Å². The predicted molar refractivity (Wildman–Crippen MR) is 131 cm³/mol. The van der Waals surface area contributed by atoms with Gasteiger partial charge in [0, 0.05) is 17.1 Å². The zero-order chi connectivity index (χ0) is 21.4. The van der Waals surface area contributed by atoms with E-state index in [2.05, 4.69) is 93.9 Å². The highest BCUT2D eigenvalue weighted by Crippen LogP contribution is 2.29. The van der Waals surface area contributed by atoms with E-state index in [0.29, 0.717) is 0 Å². The second-order valence-electron chi connectivity index (χ2n) is 7.18. The summed E-state index contributed by atoms with van der Waals surface area (Å²) in [6.07, 6.45) is 11.8. The Morgan fingerprint density at radius 3 is 2.17 bits per heavy atom. The Morgan fingerprint density at radius 1 is 0.966 bits per heavy atom. The van der Waals surface area contributed by atoms with Crippen molar-refractivity contribution in [3.8, 4) is 11.1 Å². The monoisotopic (exact) mass is 381 g/mol. The van der Waals surface area contributed by atoms with Crippen LogP contribution in [-0.4, -0.2) is 0 Å². The lowest BCUT2D eigenvalue weighted by Gasteiger charge is -2.26. The quantitative estimate of drug-likeness (QED) is 0.416. The van der Waals surface area contributed by atoms with Crippen LogP contribution >= 0.6 is 0 Å². The van der Waals surface area contributed by atoms with Gasteiger partial charge in [0.05, 0.1) is 0 Å². The summed E-state index contributed by atoms with van der Waals surface area (Å²) in [6, 6.07) is 15.2. The van der Waals surface area contributed by atoms with Gasteiger partial charge < -0.3 is 4.90 Å². The van der Waals surface area contributed by atoms with Crippen LogP contribution in [0.4, 0.5) is 5.69 Å². The van der Waals surface area contributed by atoms with Gasteiger partial charge in [-0.05, 0) is 80.3 Å². The van der Waals surface area contributed by atoms with Crippen molar-refractivity contribution in [3.05, 3.63) is 121 Å². The fourth-order valence-electron chi connectivity index (χ4n) is 3.13. The van der Waals surface area contributed by atoms with Crippen molar-refractivity contribution in [3.63, 3.8) is 0 Å². The largest absolute Gasteiger partial charge is 0.311 e. The van der Waals surface area contributed by atoms with Gasteiger partial charge in [0.1, 0.15) is 0 Å². The van der Waals surface area contributed by atoms with Crippen molar-refractivity contribution in [2.45, 2.75) is 27.7 Å². The van der Waals surface area contributed by atoms with Crippen LogP contribution in [0.1, 0.15) is 31.9 Å². The van der Waals surface area contributed by atoms with Crippen LogP contribution in [0.3, 0.4) is 0 Å². The van der Waals surface area contributed by atoms with E-state index in [-0.39, 0.29) is 0 Å². The Balaban J connectivity index is 2.45. The number of aryl methyl sites for hydroxylation is 1. The first-order chi connectivity index (χ1) is 13.9. The maximum absolute atomic E-state index is 4.16. The highest BCUT2D eigenvalue weighted by atomic mass is 15.1. The molecule has 1 heteroatoms. The first kappa shape index (κ1) is 22.0. The summed E-state index contributed by atoms with van der Waals surface area (Å²) in [5.41, 5.74) is 9.12. The van der Waals surface area contributed by atoms with E-state index in [4.69, 9.17) is 0 Å². The van der Waals surface area contributed by atoms with Crippen LogP contribution in [0.2, 0.25) is 0 Å². The van der Waals surface area contributed by atoms with Gasteiger partial charge in [-0.15, -0.1) is 0 Å². The summed E-state index contributed by atoms with van der Waals surface area (Å²) >= 11 is 0. The summed E-state index contributed by atoms with van der Waals surface area (Å²) in [5, 5.41) is 0. The Labute approximate surface area is 176 Å². The topological polar surface area (TPSA) is 3.24 Å². The van der Waals surface area contributed by atoms with Crippen LogP contribution in [0.5, 0.6) is 0 Å². The molecular formula is C28H31N. The average Bonchev–Trinajstić information content (AvgIpc) is 2.72. The van der Waals surface area contributed by atoms with Gasteiger partial charge in [0.25, 0.3) is 0 Å². The van der Waals surface area contributed by atoms with Gasteiger partial charge in [0.2, 0.25) is 0 Å². The molecule has 0 N–H and O–H groups in total. The Kier molecular flexibility index (Phi) is 7.79. The van der Waals surface area contributed by atoms with E-state index in [1.54, 1.807) is 12.2 Å². The summed E-state index contributed by atoms with van der Waals surface area (Å²) < 4.78 is 0. The second-order valence-corrected chi connectivity index (χ2v) is 7.18. The molecule has 148 valence electrons. The summed E-state index contributed by atoms with van der Waals surface area (Å²) in [4.78, 5) is 2.08. The van der Waals surface area contributed by atoms with Crippen molar-refractivity contribution in [1.82, 2.24) is 0 Å². The van der Waals surface area contributed by atoms with E-state index in [1.165, 1.54) is 27.8 Å². The normalized spacial score (nSPS) is 11.2. The van der Waals surface area contributed by atoms with Crippen molar-refractivity contribution < 1.29 is 0 Å². The molecule has 0 amide bonds. The number of allylic oxidation sites excluding steroid dienone is 6. The average molecular weight is 382 g/mol. The predicted octanol–water partition coefficient (Wildman–Crippen LogP) is 8.24. The zero-order valence-corrected chi connectivity index (χ0v) is 18.1. The van der Waals surface area contributed by atoms with Gasteiger partial charge in [-0.3, -0.25) is 0 Å². The molecule has 0 atom stereocenters. The van der Waals surface area contributed by atoms with Crippen molar-refractivity contribution >= 4 is 11.8 Å². The molecule has 0 spiro atoms. The number of rotatable bonds is 8. The fourth-order valence-corrected chi connectivity index (χ4v) is 3.13. The van der Waals surface area contributed by atoms with Crippen LogP contribution < -0.4 is 4.90 Å². The molecule has 0 saturated heterocycles. The third-order valence-corrected chi connectivity index (χ3v) is 4.66. The van der Waals surface area contributed by atoms with Crippen molar-refractivity contribution in [2.75, 3.05) is 4.90 Å². The molecule has 2 aromatic carbocycles. The highest BCUT2D eigenvalue weighted by Gasteiger charge is 2.12. The molecule has 2 aromatic rings. The number of nitrogens with zero attached hydrogens (tertiary/aromatic N) is 1. The van der Waals surface area contributed by atoms with E-state index in [1.807, 2.05) is 25.2 Å². The maximum atomic E-state index is 4.16. The Morgan fingerprint density at radius 2 is 1.62 bits per heavy atom. The van der Waals surface area contributed by atoms with Crippen molar-refractivity contribution in [2.24, 2.45) is 0 Å². The number of benzene rings is 2. The van der Waals surface area contributed by atoms with E-state index < -0.39 is 0 Å². The van der Waals surface area contributed by atoms with Gasteiger partial charge >= 0.3 is 0 Å². The minimum absolute atomic E-state index is 0.820. The molecule has 29 heavy (non-hydrogen) atoms. The van der Waals surface area contributed by atoms with Gasteiger partial charge in [-0.25, -0.2) is 0 Å². The maximum Gasteiger partial charge on any atom is 0.0461 e. The van der Waals surface area contributed by atoms with Gasteiger partial charge in [-0.1, -0.05) is 73.9 Å². The SMILES string of the molecule is C=C/C=C\C(=C/C)N(C(=C)C=C)c1ccc(-c2ccc(C)c(C=C(C)C)c2)cc1. The minimum atomic E-state index is 0.820. The summed E-state index contributed by atoms with van der Waals surface area (Å²) in [5.74, 6) is 0. The Hall–Kier alpha value is -3.32. The molecule has 0 aliphatic rings. The number of hydrogen-bond donors (Lipinski definition) is 0. The van der Waals surface area contributed by atoms with E-state index >= 15 is 0 Å². The fraction of sp³-hybridized carbons (Fsp3) is 0.143. The number of hydrogen-bond acceptors (Lipinski definition) is 1. The first-order valence-electron chi connectivity index (χ1n) is 9.84. The first-order valence-corrected chi connectivity index (χ1v) is 9.84. The summed E-state index contributed by atoms with van der Waals surface area (Å²) in [7, 11) is 0. The summed E-state index contributed by atoms with van der Waals surface area (Å²) in [6.45, 7) is 20.2. The molecule has 0 aromatic heterocycles.